The molecule has 0 aromatic heterocycles. The van der Waals surface area contributed by atoms with Crippen LogP contribution in [0, 0.1) is 5.41 Å². The summed E-state index contributed by atoms with van der Waals surface area (Å²) in [7, 11) is 0. The lowest BCUT2D eigenvalue weighted by Crippen LogP contribution is -2.60. The van der Waals surface area contributed by atoms with Crippen molar-refractivity contribution in [2.75, 3.05) is 6.61 Å². The minimum atomic E-state index is -2.27. The third kappa shape index (κ3) is 5.51. The van der Waals surface area contributed by atoms with E-state index in [-0.39, 0.29) is 19.4 Å². The first-order valence-electron chi connectivity index (χ1n) is 6.99. The summed E-state index contributed by atoms with van der Waals surface area (Å²) >= 11 is 0. The van der Waals surface area contributed by atoms with Gasteiger partial charge in [-0.15, -0.1) is 0 Å². The van der Waals surface area contributed by atoms with Gasteiger partial charge in [-0.25, -0.2) is 4.79 Å². The number of carboxylic acid groups (broad SMARTS) is 4. The molecule has 9 nitrogen and oxygen atoms in total. The van der Waals surface area contributed by atoms with Crippen molar-refractivity contribution in [1.82, 2.24) is 0 Å². The van der Waals surface area contributed by atoms with Crippen molar-refractivity contribution in [1.29, 1.82) is 0 Å². The normalized spacial score (nSPS) is 13.2. The molecule has 23 heavy (non-hydrogen) atoms. The Morgan fingerprint density at radius 2 is 1.26 bits per heavy atom. The van der Waals surface area contributed by atoms with Gasteiger partial charge >= 0.3 is 17.9 Å². The standard InChI is InChI=1S/C12H20O7.C2H4O2/c1-4-11(5-2,9(15)16)12(10(17)18,19-6-3)7-8(13)14;1-2(3)4/h4-7H2,1-3H3,(H,13,14)(H,15,16)(H,17,18);1H3,(H,3,4). The van der Waals surface area contributed by atoms with Crippen molar-refractivity contribution < 1.29 is 44.3 Å². The van der Waals surface area contributed by atoms with Gasteiger partial charge in [-0.2, -0.15) is 0 Å². The molecular formula is C14H24O9. The topological polar surface area (TPSA) is 158 Å². The molecule has 0 aromatic rings. The van der Waals surface area contributed by atoms with Crippen LogP contribution in [0.3, 0.4) is 0 Å². The lowest BCUT2D eigenvalue weighted by molar-refractivity contribution is -0.205. The van der Waals surface area contributed by atoms with Crippen LogP contribution in [-0.2, 0) is 23.9 Å². The number of carbonyl (C=O) groups is 4. The molecule has 0 rings (SSSR count). The molecule has 0 bridgehead atoms. The maximum atomic E-state index is 11.6. The number of carboxylic acids is 4. The van der Waals surface area contributed by atoms with Crippen molar-refractivity contribution in [2.24, 2.45) is 5.41 Å². The van der Waals surface area contributed by atoms with Gasteiger partial charge in [0, 0.05) is 13.5 Å². The molecule has 0 radical (unpaired) electrons. The predicted molar refractivity (Wildman–Crippen MR) is 78.2 cm³/mol. The van der Waals surface area contributed by atoms with E-state index < -0.39 is 41.3 Å². The van der Waals surface area contributed by atoms with E-state index in [9.17, 15) is 24.6 Å². The summed E-state index contributed by atoms with van der Waals surface area (Å²) in [4.78, 5) is 43.1. The summed E-state index contributed by atoms with van der Waals surface area (Å²) in [5.74, 6) is -5.18. The van der Waals surface area contributed by atoms with E-state index in [2.05, 4.69) is 0 Å². The Bertz CT molecular complexity index is 436. The van der Waals surface area contributed by atoms with Crippen LogP contribution in [0.2, 0.25) is 0 Å². The van der Waals surface area contributed by atoms with Gasteiger partial charge in [0.15, 0.2) is 5.60 Å². The predicted octanol–water partition coefficient (Wildman–Crippen LogP) is 1.30. The summed E-state index contributed by atoms with van der Waals surface area (Å²) in [6, 6.07) is 0. The summed E-state index contributed by atoms with van der Waals surface area (Å²) in [6.45, 7) is 5.51. The molecule has 0 amide bonds. The minimum absolute atomic E-state index is 0.0432. The zero-order valence-electron chi connectivity index (χ0n) is 13.7. The number of aliphatic carboxylic acids is 4. The van der Waals surface area contributed by atoms with Crippen molar-refractivity contribution in [2.45, 2.75) is 52.6 Å². The first kappa shape index (κ1) is 23.1. The quantitative estimate of drug-likeness (QED) is 0.486. The van der Waals surface area contributed by atoms with E-state index in [0.29, 0.717) is 0 Å². The Balaban J connectivity index is 0. The Kier molecular flexibility index (Phi) is 9.82. The molecule has 0 saturated carbocycles. The fraction of sp³-hybridized carbons (Fsp3) is 0.714. The largest absolute Gasteiger partial charge is 0.481 e. The average Bonchev–Trinajstić information content (AvgIpc) is 2.38. The van der Waals surface area contributed by atoms with Crippen LogP contribution in [0.25, 0.3) is 0 Å². The van der Waals surface area contributed by atoms with E-state index in [4.69, 9.17) is 19.7 Å². The third-order valence-corrected chi connectivity index (χ3v) is 3.53. The molecule has 0 fully saturated rings. The maximum absolute atomic E-state index is 11.6. The molecule has 0 aliphatic carbocycles. The van der Waals surface area contributed by atoms with Crippen LogP contribution >= 0.6 is 0 Å². The molecule has 134 valence electrons. The fourth-order valence-electron chi connectivity index (χ4n) is 2.46. The van der Waals surface area contributed by atoms with Crippen LogP contribution < -0.4 is 0 Å². The average molecular weight is 336 g/mol. The van der Waals surface area contributed by atoms with E-state index in [1.54, 1.807) is 0 Å². The minimum Gasteiger partial charge on any atom is -0.481 e. The lowest BCUT2D eigenvalue weighted by Gasteiger charge is -2.42. The molecule has 0 spiro atoms. The second-order valence-electron chi connectivity index (χ2n) is 4.75. The Labute approximate surface area is 133 Å². The smallest absolute Gasteiger partial charge is 0.337 e. The number of ether oxygens (including phenoxy) is 1. The molecule has 0 saturated heterocycles. The van der Waals surface area contributed by atoms with Gasteiger partial charge < -0.3 is 25.2 Å². The zero-order valence-corrected chi connectivity index (χ0v) is 13.7. The van der Waals surface area contributed by atoms with Crippen LogP contribution in [0.5, 0.6) is 0 Å². The maximum Gasteiger partial charge on any atom is 0.337 e. The first-order chi connectivity index (χ1) is 10.5. The number of rotatable bonds is 9. The summed E-state index contributed by atoms with van der Waals surface area (Å²) in [6.07, 6.45) is -0.985. The lowest BCUT2D eigenvalue weighted by atomic mass is 9.66. The molecule has 9 heteroatoms. The van der Waals surface area contributed by atoms with Crippen LogP contribution in [0.4, 0.5) is 0 Å². The highest BCUT2D eigenvalue weighted by atomic mass is 16.5. The molecule has 1 atom stereocenters. The number of hydrogen-bond donors (Lipinski definition) is 4. The highest BCUT2D eigenvalue weighted by molar-refractivity contribution is 5.92. The van der Waals surface area contributed by atoms with Gasteiger partial charge in [0.25, 0.3) is 5.97 Å². The van der Waals surface area contributed by atoms with Crippen molar-refractivity contribution >= 4 is 23.9 Å². The van der Waals surface area contributed by atoms with Crippen molar-refractivity contribution in [3.8, 4) is 0 Å². The molecule has 0 heterocycles. The number of hydrogen-bond acceptors (Lipinski definition) is 5. The Morgan fingerprint density at radius 1 is 0.870 bits per heavy atom. The van der Waals surface area contributed by atoms with Gasteiger partial charge in [0.05, 0.1) is 6.42 Å². The van der Waals surface area contributed by atoms with Gasteiger partial charge in [0.1, 0.15) is 5.41 Å². The molecular weight excluding hydrogens is 312 g/mol. The summed E-state index contributed by atoms with van der Waals surface area (Å²) in [5, 5.41) is 35.2. The second kappa shape index (κ2) is 9.78. The van der Waals surface area contributed by atoms with Crippen molar-refractivity contribution in [3.63, 3.8) is 0 Å². The molecule has 0 aromatic carbocycles. The SMILES string of the molecule is CC(=O)O.CCOC(CC(=O)O)(C(=O)O)C(CC)(CC)C(=O)O. The van der Waals surface area contributed by atoms with Crippen LogP contribution in [0.15, 0.2) is 0 Å². The first-order valence-corrected chi connectivity index (χ1v) is 6.99. The Hall–Kier alpha value is -2.16. The van der Waals surface area contributed by atoms with E-state index >= 15 is 0 Å². The van der Waals surface area contributed by atoms with Gasteiger partial charge in [-0.05, 0) is 19.8 Å². The van der Waals surface area contributed by atoms with Gasteiger partial charge in [-0.3, -0.25) is 14.4 Å². The summed E-state index contributed by atoms with van der Waals surface area (Å²) < 4.78 is 5.15. The van der Waals surface area contributed by atoms with E-state index in [1.165, 1.54) is 20.8 Å². The third-order valence-electron chi connectivity index (χ3n) is 3.53. The van der Waals surface area contributed by atoms with E-state index in [1.807, 2.05) is 0 Å². The summed E-state index contributed by atoms with van der Waals surface area (Å²) in [5.41, 5.74) is -4.06. The van der Waals surface area contributed by atoms with Crippen LogP contribution in [0.1, 0.15) is 47.0 Å². The molecule has 0 aliphatic heterocycles. The molecule has 0 aliphatic rings. The highest BCUT2D eigenvalue weighted by Crippen LogP contribution is 2.44. The van der Waals surface area contributed by atoms with Crippen LogP contribution in [-0.4, -0.2) is 56.5 Å². The molecule has 1 unspecified atom stereocenters. The van der Waals surface area contributed by atoms with Gasteiger partial charge in [0.2, 0.25) is 0 Å². The monoisotopic (exact) mass is 336 g/mol. The van der Waals surface area contributed by atoms with Gasteiger partial charge in [-0.1, -0.05) is 13.8 Å². The zero-order chi connectivity index (χ0) is 18.8. The van der Waals surface area contributed by atoms with Crippen molar-refractivity contribution in [3.05, 3.63) is 0 Å². The second-order valence-corrected chi connectivity index (χ2v) is 4.75. The van der Waals surface area contributed by atoms with E-state index in [0.717, 1.165) is 6.92 Å². The highest BCUT2D eigenvalue weighted by Gasteiger charge is 2.61. The fourth-order valence-corrected chi connectivity index (χ4v) is 2.46. The molecule has 4 N–H and O–H groups in total. The Morgan fingerprint density at radius 3 is 1.43 bits per heavy atom.